The highest BCUT2D eigenvalue weighted by molar-refractivity contribution is 6.30. The van der Waals surface area contributed by atoms with Gasteiger partial charge in [-0.2, -0.15) is 0 Å². The number of halogens is 3. The van der Waals surface area contributed by atoms with Crippen LogP contribution in [0.3, 0.4) is 0 Å². The molecule has 0 aliphatic carbocycles. The average Bonchev–Trinajstić information content (AvgIpc) is 2.40. The summed E-state index contributed by atoms with van der Waals surface area (Å²) in [7, 11) is 1.44. The number of hydrogen-bond donors (Lipinski definition) is 1. The molecule has 2 rings (SSSR count). The lowest BCUT2D eigenvalue weighted by molar-refractivity contribution is 0.413. The van der Waals surface area contributed by atoms with Crippen molar-refractivity contribution in [1.82, 2.24) is 0 Å². The largest absolute Gasteiger partial charge is 0.494 e. The number of benzene rings is 2. The summed E-state index contributed by atoms with van der Waals surface area (Å²) in [5.74, 6) is -0.378. The highest BCUT2D eigenvalue weighted by Crippen LogP contribution is 2.26. The summed E-state index contributed by atoms with van der Waals surface area (Å²) in [5, 5.41) is 3.45. The number of hydrogen-bond acceptors (Lipinski definition) is 2. The summed E-state index contributed by atoms with van der Waals surface area (Å²) < 4.78 is 31.6. The van der Waals surface area contributed by atoms with E-state index in [2.05, 4.69) is 5.32 Å². The number of ether oxygens (including phenoxy) is 1. The van der Waals surface area contributed by atoms with E-state index in [9.17, 15) is 8.78 Å². The van der Waals surface area contributed by atoms with Crippen molar-refractivity contribution < 1.29 is 13.5 Å². The molecule has 0 atom stereocenters. The SMILES string of the molecule is COc1cc(F)ccc1NCc1cc(Cl)ccc1F. The Morgan fingerprint density at radius 1 is 1.16 bits per heavy atom. The molecule has 0 aliphatic heterocycles. The van der Waals surface area contributed by atoms with E-state index in [1.54, 1.807) is 6.07 Å². The second-order valence-electron chi connectivity index (χ2n) is 3.93. The third-order valence-corrected chi connectivity index (χ3v) is 2.88. The number of methoxy groups -OCH3 is 1. The van der Waals surface area contributed by atoms with Crippen molar-refractivity contribution in [2.45, 2.75) is 6.54 Å². The second-order valence-corrected chi connectivity index (χ2v) is 4.37. The van der Waals surface area contributed by atoms with Gasteiger partial charge in [-0.3, -0.25) is 0 Å². The van der Waals surface area contributed by atoms with Crippen LogP contribution in [0.4, 0.5) is 14.5 Å². The Morgan fingerprint density at radius 2 is 1.95 bits per heavy atom. The molecule has 2 aromatic rings. The predicted molar refractivity (Wildman–Crippen MR) is 71.7 cm³/mol. The van der Waals surface area contributed by atoms with Gasteiger partial charge in [0.25, 0.3) is 0 Å². The van der Waals surface area contributed by atoms with Gasteiger partial charge in [0.2, 0.25) is 0 Å². The maximum atomic E-state index is 13.5. The first-order valence-electron chi connectivity index (χ1n) is 5.61. The first-order chi connectivity index (χ1) is 9.10. The minimum Gasteiger partial charge on any atom is -0.494 e. The standard InChI is InChI=1S/C14H12ClF2NO/c1-19-14-7-11(16)3-5-13(14)18-8-9-6-10(15)2-4-12(9)17/h2-7,18H,8H2,1H3. The van der Waals surface area contributed by atoms with Gasteiger partial charge >= 0.3 is 0 Å². The van der Waals surface area contributed by atoms with E-state index in [4.69, 9.17) is 16.3 Å². The number of rotatable bonds is 4. The highest BCUT2D eigenvalue weighted by atomic mass is 35.5. The van der Waals surface area contributed by atoms with Gasteiger partial charge in [0.15, 0.2) is 0 Å². The third kappa shape index (κ3) is 3.35. The van der Waals surface area contributed by atoms with E-state index >= 15 is 0 Å². The van der Waals surface area contributed by atoms with E-state index in [1.807, 2.05) is 0 Å². The molecule has 100 valence electrons. The van der Waals surface area contributed by atoms with E-state index in [0.29, 0.717) is 22.0 Å². The smallest absolute Gasteiger partial charge is 0.144 e. The van der Waals surface area contributed by atoms with Crippen molar-refractivity contribution in [2.75, 3.05) is 12.4 Å². The molecule has 5 heteroatoms. The Balaban J connectivity index is 2.16. The van der Waals surface area contributed by atoms with Crippen molar-refractivity contribution >= 4 is 17.3 Å². The zero-order valence-corrected chi connectivity index (χ0v) is 11.0. The predicted octanol–water partition coefficient (Wildman–Crippen LogP) is 4.24. The Morgan fingerprint density at radius 3 is 2.68 bits per heavy atom. The summed E-state index contributed by atoms with van der Waals surface area (Å²) in [6.07, 6.45) is 0. The molecule has 0 heterocycles. The Hall–Kier alpha value is -1.81. The fourth-order valence-electron chi connectivity index (χ4n) is 1.68. The minimum absolute atomic E-state index is 0.231. The summed E-state index contributed by atoms with van der Waals surface area (Å²) in [6.45, 7) is 0.231. The molecular weight excluding hydrogens is 272 g/mol. The summed E-state index contributed by atoms with van der Waals surface area (Å²) in [6, 6.07) is 8.44. The average molecular weight is 284 g/mol. The molecule has 0 unspecified atom stereocenters. The molecule has 0 fully saturated rings. The minimum atomic E-state index is -0.392. The molecule has 19 heavy (non-hydrogen) atoms. The van der Waals surface area contributed by atoms with E-state index in [1.165, 1.54) is 37.4 Å². The first kappa shape index (κ1) is 13.6. The lowest BCUT2D eigenvalue weighted by Gasteiger charge is -2.11. The Labute approximate surface area is 115 Å². The fraction of sp³-hybridized carbons (Fsp3) is 0.143. The van der Waals surface area contributed by atoms with Gasteiger partial charge in [-0.1, -0.05) is 11.6 Å². The zero-order valence-electron chi connectivity index (χ0n) is 10.2. The monoisotopic (exact) mass is 283 g/mol. The maximum Gasteiger partial charge on any atom is 0.144 e. The second kappa shape index (κ2) is 5.89. The van der Waals surface area contributed by atoms with Crippen LogP contribution in [0, 0.1) is 11.6 Å². The van der Waals surface area contributed by atoms with Crippen LogP contribution in [0.25, 0.3) is 0 Å². The van der Waals surface area contributed by atoms with Gasteiger partial charge in [-0.05, 0) is 30.3 Å². The van der Waals surface area contributed by atoms with Gasteiger partial charge < -0.3 is 10.1 Å². The summed E-state index contributed by atoms with van der Waals surface area (Å²) >= 11 is 5.81. The molecule has 0 saturated carbocycles. The number of anilines is 1. The summed E-state index contributed by atoms with van der Waals surface area (Å²) in [4.78, 5) is 0. The molecule has 0 spiro atoms. The van der Waals surface area contributed by atoms with Gasteiger partial charge in [0.1, 0.15) is 17.4 Å². The van der Waals surface area contributed by atoms with E-state index in [0.717, 1.165) is 0 Å². The molecule has 0 aliphatic rings. The van der Waals surface area contributed by atoms with Gasteiger partial charge in [0, 0.05) is 23.2 Å². The molecule has 0 amide bonds. The molecule has 0 aromatic heterocycles. The van der Waals surface area contributed by atoms with Crippen molar-refractivity contribution in [3.8, 4) is 5.75 Å². The van der Waals surface area contributed by atoms with Crippen molar-refractivity contribution in [1.29, 1.82) is 0 Å². The maximum absolute atomic E-state index is 13.5. The highest BCUT2D eigenvalue weighted by Gasteiger charge is 2.07. The van der Waals surface area contributed by atoms with Crippen LogP contribution in [0.15, 0.2) is 36.4 Å². The fourth-order valence-corrected chi connectivity index (χ4v) is 1.88. The Bertz CT molecular complexity index is 590. The summed E-state index contributed by atoms with van der Waals surface area (Å²) in [5.41, 5.74) is 1.02. The third-order valence-electron chi connectivity index (χ3n) is 2.64. The molecule has 0 saturated heterocycles. The van der Waals surface area contributed by atoms with E-state index < -0.39 is 5.82 Å². The van der Waals surface area contributed by atoms with E-state index in [-0.39, 0.29) is 12.4 Å². The molecule has 1 N–H and O–H groups in total. The van der Waals surface area contributed by atoms with Crippen LogP contribution in [0.2, 0.25) is 5.02 Å². The van der Waals surface area contributed by atoms with Crippen LogP contribution in [-0.4, -0.2) is 7.11 Å². The van der Waals surface area contributed by atoms with Crippen molar-refractivity contribution in [2.24, 2.45) is 0 Å². The first-order valence-corrected chi connectivity index (χ1v) is 5.99. The van der Waals surface area contributed by atoms with Gasteiger partial charge in [0.05, 0.1) is 12.8 Å². The van der Waals surface area contributed by atoms with Gasteiger partial charge in [-0.25, -0.2) is 8.78 Å². The molecule has 2 aromatic carbocycles. The number of nitrogens with one attached hydrogen (secondary N) is 1. The zero-order chi connectivity index (χ0) is 13.8. The van der Waals surface area contributed by atoms with Gasteiger partial charge in [-0.15, -0.1) is 0 Å². The Kier molecular flexibility index (Phi) is 4.22. The van der Waals surface area contributed by atoms with Crippen molar-refractivity contribution in [3.63, 3.8) is 0 Å². The van der Waals surface area contributed by atoms with Crippen LogP contribution in [0.5, 0.6) is 5.75 Å². The quantitative estimate of drug-likeness (QED) is 0.906. The lowest BCUT2D eigenvalue weighted by atomic mass is 10.2. The molecule has 2 nitrogen and oxygen atoms in total. The van der Waals surface area contributed by atoms with Crippen LogP contribution in [-0.2, 0) is 6.54 Å². The lowest BCUT2D eigenvalue weighted by Crippen LogP contribution is -2.03. The topological polar surface area (TPSA) is 21.3 Å². The van der Waals surface area contributed by atoms with Crippen LogP contribution >= 0.6 is 11.6 Å². The molecular formula is C14H12ClF2NO. The molecule has 0 bridgehead atoms. The normalized spacial score (nSPS) is 10.3. The van der Waals surface area contributed by atoms with Crippen molar-refractivity contribution in [3.05, 3.63) is 58.6 Å². The molecule has 0 radical (unpaired) electrons. The van der Waals surface area contributed by atoms with Crippen LogP contribution in [0.1, 0.15) is 5.56 Å². The van der Waals surface area contributed by atoms with Crippen LogP contribution < -0.4 is 10.1 Å².